The molecule has 0 bridgehead atoms. The Hall–Kier alpha value is -2.69. The highest BCUT2D eigenvalue weighted by atomic mass is 16.4. The maximum atomic E-state index is 11.8. The van der Waals surface area contributed by atoms with Crippen LogP contribution in [0.1, 0.15) is 17.0 Å². The Labute approximate surface area is 115 Å². The first-order valence-corrected chi connectivity index (χ1v) is 6.06. The first kappa shape index (κ1) is 13.7. The van der Waals surface area contributed by atoms with E-state index in [1.54, 1.807) is 11.6 Å². The van der Waals surface area contributed by atoms with Crippen molar-refractivity contribution in [1.29, 1.82) is 0 Å². The van der Waals surface area contributed by atoms with Crippen LogP contribution in [0.2, 0.25) is 0 Å². The highest BCUT2D eigenvalue weighted by molar-refractivity contribution is 5.84. The van der Waals surface area contributed by atoms with Gasteiger partial charge in [-0.3, -0.25) is 4.79 Å². The Kier molecular flexibility index (Phi) is 3.79. The fraction of sp³-hybridized carbons (Fsp3) is 0.133. The standard InChI is InChI=1S/C15H14N2O3/c1-10-4-3-5-12(8-10)17-11(2)9-14(18)13(16-17)6-7-15(19)20/h3-9H,1-2H3,(H,19,20)/b7-6+. The lowest BCUT2D eigenvalue weighted by Crippen LogP contribution is -2.16. The number of hydrogen-bond acceptors (Lipinski definition) is 3. The lowest BCUT2D eigenvalue weighted by Gasteiger charge is -2.10. The quantitative estimate of drug-likeness (QED) is 0.865. The molecule has 2 aromatic rings. The molecule has 0 fully saturated rings. The van der Waals surface area contributed by atoms with E-state index in [1.807, 2.05) is 31.2 Å². The molecule has 0 unspecified atom stereocenters. The number of aliphatic carboxylic acids is 1. The Morgan fingerprint density at radius 1 is 1.30 bits per heavy atom. The topological polar surface area (TPSA) is 72.2 Å². The summed E-state index contributed by atoms with van der Waals surface area (Å²) in [6, 6.07) is 9.12. The van der Waals surface area contributed by atoms with Crippen LogP contribution in [0.15, 0.2) is 41.2 Å². The second-order valence-corrected chi connectivity index (χ2v) is 4.46. The molecule has 0 aliphatic carbocycles. The van der Waals surface area contributed by atoms with Gasteiger partial charge in [0.25, 0.3) is 0 Å². The molecule has 1 aromatic heterocycles. The summed E-state index contributed by atoms with van der Waals surface area (Å²) in [7, 11) is 0. The molecule has 0 amide bonds. The number of carbonyl (C=O) groups is 1. The molecule has 20 heavy (non-hydrogen) atoms. The van der Waals surface area contributed by atoms with Gasteiger partial charge in [-0.2, -0.15) is 5.10 Å². The van der Waals surface area contributed by atoms with Crippen molar-refractivity contribution in [2.24, 2.45) is 0 Å². The SMILES string of the molecule is Cc1cccc(-n2nc(/C=C/C(=O)O)c(=O)cc2C)c1. The smallest absolute Gasteiger partial charge is 0.328 e. The number of benzene rings is 1. The Bertz CT molecular complexity index is 745. The molecule has 1 N–H and O–H groups in total. The Morgan fingerprint density at radius 2 is 2.05 bits per heavy atom. The number of nitrogens with zero attached hydrogens (tertiary/aromatic N) is 2. The first-order valence-electron chi connectivity index (χ1n) is 6.06. The van der Waals surface area contributed by atoms with Crippen LogP contribution in [-0.2, 0) is 4.79 Å². The number of rotatable bonds is 3. The van der Waals surface area contributed by atoms with Crippen molar-refractivity contribution in [3.63, 3.8) is 0 Å². The van der Waals surface area contributed by atoms with Gasteiger partial charge in [-0.1, -0.05) is 12.1 Å². The maximum Gasteiger partial charge on any atom is 0.328 e. The average Bonchev–Trinajstić information content (AvgIpc) is 2.37. The number of aromatic nitrogens is 2. The third-order valence-corrected chi connectivity index (χ3v) is 2.76. The predicted octanol–water partition coefficient (Wildman–Crippen LogP) is 1.95. The summed E-state index contributed by atoms with van der Waals surface area (Å²) in [6.07, 6.45) is 2.11. The average molecular weight is 270 g/mol. The summed E-state index contributed by atoms with van der Waals surface area (Å²) < 4.78 is 1.62. The van der Waals surface area contributed by atoms with Crippen LogP contribution in [0.4, 0.5) is 0 Å². The summed E-state index contributed by atoms with van der Waals surface area (Å²) in [6.45, 7) is 3.74. The van der Waals surface area contributed by atoms with E-state index in [2.05, 4.69) is 5.10 Å². The van der Waals surface area contributed by atoms with E-state index in [4.69, 9.17) is 5.11 Å². The zero-order valence-electron chi connectivity index (χ0n) is 11.2. The van der Waals surface area contributed by atoms with Crippen LogP contribution in [0.3, 0.4) is 0 Å². The zero-order chi connectivity index (χ0) is 14.7. The van der Waals surface area contributed by atoms with E-state index in [0.717, 1.165) is 17.3 Å². The summed E-state index contributed by atoms with van der Waals surface area (Å²) >= 11 is 0. The number of aryl methyl sites for hydroxylation is 2. The lowest BCUT2D eigenvalue weighted by molar-refractivity contribution is -0.131. The molecule has 5 heteroatoms. The van der Waals surface area contributed by atoms with E-state index in [9.17, 15) is 9.59 Å². The number of carboxylic acids is 1. The van der Waals surface area contributed by atoms with Gasteiger partial charge in [0.2, 0.25) is 5.43 Å². The van der Waals surface area contributed by atoms with Gasteiger partial charge in [0.15, 0.2) is 0 Å². The molecule has 0 spiro atoms. The molecule has 5 nitrogen and oxygen atoms in total. The van der Waals surface area contributed by atoms with Gasteiger partial charge in [-0.15, -0.1) is 0 Å². The summed E-state index contributed by atoms with van der Waals surface area (Å²) in [5.41, 5.74) is 2.38. The van der Waals surface area contributed by atoms with Crippen molar-refractivity contribution in [2.75, 3.05) is 0 Å². The fourth-order valence-corrected chi connectivity index (χ4v) is 1.85. The molecule has 0 saturated heterocycles. The Balaban J connectivity index is 2.57. The largest absolute Gasteiger partial charge is 0.478 e. The van der Waals surface area contributed by atoms with Gasteiger partial charge in [0.05, 0.1) is 5.69 Å². The van der Waals surface area contributed by atoms with Crippen LogP contribution in [0.5, 0.6) is 0 Å². The molecule has 102 valence electrons. The molecule has 0 saturated carbocycles. The van der Waals surface area contributed by atoms with Crippen LogP contribution < -0.4 is 5.43 Å². The minimum absolute atomic E-state index is 0.0968. The lowest BCUT2D eigenvalue weighted by atomic mass is 10.2. The molecule has 2 rings (SSSR count). The third kappa shape index (κ3) is 3.00. The molecular weight excluding hydrogens is 256 g/mol. The van der Waals surface area contributed by atoms with Crippen LogP contribution in [-0.4, -0.2) is 20.9 Å². The second kappa shape index (κ2) is 5.52. The van der Waals surface area contributed by atoms with Crippen molar-refractivity contribution in [1.82, 2.24) is 9.78 Å². The van der Waals surface area contributed by atoms with Crippen LogP contribution >= 0.6 is 0 Å². The van der Waals surface area contributed by atoms with Crippen molar-refractivity contribution in [2.45, 2.75) is 13.8 Å². The van der Waals surface area contributed by atoms with E-state index < -0.39 is 5.97 Å². The van der Waals surface area contributed by atoms with E-state index >= 15 is 0 Å². The normalized spacial score (nSPS) is 10.9. The fourth-order valence-electron chi connectivity index (χ4n) is 1.85. The van der Waals surface area contributed by atoms with Crippen molar-refractivity contribution < 1.29 is 9.90 Å². The third-order valence-electron chi connectivity index (χ3n) is 2.76. The molecule has 1 aromatic carbocycles. The van der Waals surface area contributed by atoms with Gasteiger partial charge in [0, 0.05) is 17.8 Å². The molecule has 0 aliphatic heterocycles. The number of hydrogen-bond donors (Lipinski definition) is 1. The second-order valence-electron chi connectivity index (χ2n) is 4.46. The maximum absolute atomic E-state index is 11.8. The summed E-state index contributed by atoms with van der Waals surface area (Å²) in [5.74, 6) is -1.12. The molecule has 0 radical (unpaired) electrons. The van der Waals surface area contributed by atoms with Gasteiger partial charge >= 0.3 is 5.97 Å². The molecule has 1 heterocycles. The van der Waals surface area contributed by atoms with Gasteiger partial charge in [-0.05, 0) is 37.6 Å². The molecule has 0 aliphatic rings. The van der Waals surface area contributed by atoms with Crippen molar-refractivity contribution in [3.05, 3.63) is 63.6 Å². The zero-order valence-corrected chi connectivity index (χ0v) is 11.2. The van der Waals surface area contributed by atoms with E-state index in [-0.39, 0.29) is 11.1 Å². The summed E-state index contributed by atoms with van der Waals surface area (Å²) in [4.78, 5) is 22.3. The molecule has 0 atom stereocenters. The van der Waals surface area contributed by atoms with Gasteiger partial charge in [0.1, 0.15) is 5.69 Å². The predicted molar refractivity (Wildman–Crippen MR) is 76.0 cm³/mol. The van der Waals surface area contributed by atoms with Crippen LogP contribution in [0.25, 0.3) is 11.8 Å². The van der Waals surface area contributed by atoms with Crippen molar-refractivity contribution >= 4 is 12.0 Å². The van der Waals surface area contributed by atoms with Gasteiger partial charge in [-0.25, -0.2) is 9.48 Å². The minimum Gasteiger partial charge on any atom is -0.478 e. The van der Waals surface area contributed by atoms with E-state index in [1.165, 1.54) is 12.1 Å². The monoisotopic (exact) mass is 270 g/mol. The van der Waals surface area contributed by atoms with Crippen molar-refractivity contribution in [3.8, 4) is 5.69 Å². The minimum atomic E-state index is -1.12. The summed E-state index contributed by atoms with van der Waals surface area (Å²) in [5, 5.41) is 12.8. The Morgan fingerprint density at radius 3 is 2.70 bits per heavy atom. The number of carboxylic acid groups (broad SMARTS) is 1. The highest BCUT2D eigenvalue weighted by Crippen LogP contribution is 2.11. The highest BCUT2D eigenvalue weighted by Gasteiger charge is 2.06. The first-order chi connectivity index (χ1) is 9.47. The molecular formula is C15H14N2O3. The van der Waals surface area contributed by atoms with Crippen LogP contribution in [0, 0.1) is 13.8 Å². The van der Waals surface area contributed by atoms with Gasteiger partial charge < -0.3 is 5.11 Å². The van der Waals surface area contributed by atoms with E-state index in [0.29, 0.717) is 5.69 Å².